The van der Waals surface area contributed by atoms with Crippen molar-refractivity contribution in [3.63, 3.8) is 0 Å². The number of aromatic nitrogens is 2. The molecule has 0 amide bonds. The summed E-state index contributed by atoms with van der Waals surface area (Å²) in [5.41, 5.74) is 4.15. The van der Waals surface area contributed by atoms with Crippen LogP contribution in [0, 0.1) is 20.8 Å². The molecule has 1 saturated heterocycles. The SMILES string of the molecule is Cc1cc(C)cc(Nc2cc(C)nc(NC3CCS(=O)(=O)C3)n2)c1. The van der Waals surface area contributed by atoms with Crippen LogP contribution in [0.25, 0.3) is 0 Å². The third-order valence-corrected chi connectivity index (χ3v) is 5.68. The van der Waals surface area contributed by atoms with Crippen LogP contribution in [-0.4, -0.2) is 35.9 Å². The Labute approximate surface area is 142 Å². The molecule has 0 radical (unpaired) electrons. The van der Waals surface area contributed by atoms with Gasteiger partial charge in [-0.1, -0.05) is 6.07 Å². The van der Waals surface area contributed by atoms with E-state index in [4.69, 9.17) is 0 Å². The van der Waals surface area contributed by atoms with Crippen LogP contribution < -0.4 is 10.6 Å². The Morgan fingerprint density at radius 1 is 1.04 bits per heavy atom. The van der Waals surface area contributed by atoms with E-state index in [2.05, 4.69) is 52.6 Å². The second-order valence-electron chi connectivity index (χ2n) is 6.46. The molecule has 0 spiro atoms. The van der Waals surface area contributed by atoms with Gasteiger partial charge in [0.25, 0.3) is 0 Å². The average molecular weight is 346 g/mol. The summed E-state index contributed by atoms with van der Waals surface area (Å²) in [6.45, 7) is 6.00. The number of rotatable bonds is 4. The molecule has 1 aliphatic rings. The third kappa shape index (κ3) is 4.23. The molecule has 128 valence electrons. The van der Waals surface area contributed by atoms with Crippen LogP contribution in [0.15, 0.2) is 24.3 Å². The van der Waals surface area contributed by atoms with Crippen LogP contribution >= 0.6 is 0 Å². The normalized spacial score (nSPS) is 19.2. The molecule has 1 unspecified atom stereocenters. The quantitative estimate of drug-likeness (QED) is 0.885. The monoisotopic (exact) mass is 346 g/mol. The number of sulfone groups is 1. The number of anilines is 3. The van der Waals surface area contributed by atoms with Gasteiger partial charge in [0.05, 0.1) is 11.5 Å². The number of nitrogens with zero attached hydrogens (tertiary/aromatic N) is 2. The number of aryl methyl sites for hydroxylation is 3. The number of hydrogen-bond acceptors (Lipinski definition) is 6. The average Bonchev–Trinajstić information content (AvgIpc) is 2.75. The van der Waals surface area contributed by atoms with Crippen molar-refractivity contribution in [1.82, 2.24) is 9.97 Å². The first-order valence-electron chi connectivity index (χ1n) is 7.97. The predicted octanol–water partition coefficient (Wildman–Crippen LogP) is 2.74. The molecule has 2 N–H and O–H groups in total. The molecule has 3 rings (SSSR count). The van der Waals surface area contributed by atoms with Crippen molar-refractivity contribution in [3.05, 3.63) is 41.1 Å². The van der Waals surface area contributed by atoms with E-state index in [0.717, 1.165) is 11.4 Å². The van der Waals surface area contributed by atoms with Gasteiger partial charge in [-0.2, -0.15) is 4.98 Å². The molecule has 1 aromatic carbocycles. The lowest BCUT2D eigenvalue weighted by Gasteiger charge is -2.13. The van der Waals surface area contributed by atoms with Crippen molar-refractivity contribution >= 4 is 27.3 Å². The number of benzene rings is 1. The number of nitrogens with one attached hydrogen (secondary N) is 2. The smallest absolute Gasteiger partial charge is 0.225 e. The molecular weight excluding hydrogens is 324 g/mol. The summed E-state index contributed by atoms with van der Waals surface area (Å²) in [7, 11) is -2.93. The van der Waals surface area contributed by atoms with Crippen molar-refractivity contribution in [3.8, 4) is 0 Å². The molecule has 6 nitrogen and oxygen atoms in total. The van der Waals surface area contributed by atoms with E-state index < -0.39 is 9.84 Å². The van der Waals surface area contributed by atoms with Gasteiger partial charge in [0.2, 0.25) is 5.95 Å². The first-order valence-corrected chi connectivity index (χ1v) is 9.79. The van der Waals surface area contributed by atoms with Gasteiger partial charge in [-0.3, -0.25) is 0 Å². The summed E-state index contributed by atoms with van der Waals surface area (Å²) in [6.07, 6.45) is 0.597. The lowest BCUT2D eigenvalue weighted by molar-refractivity contribution is 0.602. The minimum Gasteiger partial charge on any atom is -0.350 e. The van der Waals surface area contributed by atoms with Crippen molar-refractivity contribution in [2.45, 2.75) is 33.2 Å². The predicted molar refractivity (Wildman–Crippen MR) is 96.6 cm³/mol. The first kappa shape index (κ1) is 16.7. The number of hydrogen-bond donors (Lipinski definition) is 2. The molecule has 1 fully saturated rings. The van der Waals surface area contributed by atoms with E-state index in [9.17, 15) is 8.42 Å². The molecule has 2 aromatic rings. The molecular formula is C17H22N4O2S. The van der Waals surface area contributed by atoms with Crippen LogP contribution in [0.4, 0.5) is 17.5 Å². The van der Waals surface area contributed by atoms with Crippen molar-refractivity contribution in [2.24, 2.45) is 0 Å². The molecule has 1 atom stereocenters. The Morgan fingerprint density at radius 3 is 2.38 bits per heavy atom. The van der Waals surface area contributed by atoms with E-state index in [1.807, 2.05) is 13.0 Å². The van der Waals surface area contributed by atoms with E-state index in [-0.39, 0.29) is 17.5 Å². The van der Waals surface area contributed by atoms with Crippen molar-refractivity contribution in [2.75, 3.05) is 22.1 Å². The summed E-state index contributed by atoms with van der Waals surface area (Å²) < 4.78 is 23.2. The lowest BCUT2D eigenvalue weighted by Crippen LogP contribution is -2.22. The van der Waals surface area contributed by atoms with Crippen molar-refractivity contribution in [1.29, 1.82) is 0 Å². The van der Waals surface area contributed by atoms with Gasteiger partial charge in [0.15, 0.2) is 9.84 Å². The minimum absolute atomic E-state index is 0.120. The van der Waals surface area contributed by atoms with Crippen molar-refractivity contribution < 1.29 is 8.42 Å². The third-order valence-electron chi connectivity index (χ3n) is 3.91. The summed E-state index contributed by atoms with van der Waals surface area (Å²) in [5, 5.41) is 6.44. The largest absolute Gasteiger partial charge is 0.350 e. The Kier molecular flexibility index (Phi) is 4.45. The Bertz CT molecular complexity index is 845. The second kappa shape index (κ2) is 6.39. The van der Waals surface area contributed by atoms with Gasteiger partial charge >= 0.3 is 0 Å². The fourth-order valence-corrected chi connectivity index (χ4v) is 4.66. The van der Waals surface area contributed by atoms with Crippen LogP contribution in [0.2, 0.25) is 0 Å². The molecule has 7 heteroatoms. The van der Waals surface area contributed by atoms with E-state index >= 15 is 0 Å². The van der Waals surface area contributed by atoms with Gasteiger partial charge in [0, 0.05) is 23.5 Å². The van der Waals surface area contributed by atoms with Gasteiger partial charge in [-0.15, -0.1) is 0 Å². The minimum atomic E-state index is -2.93. The summed E-state index contributed by atoms with van der Waals surface area (Å²) in [5.74, 6) is 1.52. The zero-order valence-corrected chi connectivity index (χ0v) is 14.9. The molecule has 0 bridgehead atoms. The Hall–Kier alpha value is -2.15. The summed E-state index contributed by atoms with van der Waals surface area (Å²) >= 11 is 0. The Balaban J connectivity index is 1.78. The Morgan fingerprint density at radius 2 is 1.75 bits per heavy atom. The van der Waals surface area contributed by atoms with Gasteiger partial charge in [0.1, 0.15) is 5.82 Å². The molecule has 0 saturated carbocycles. The van der Waals surface area contributed by atoms with Gasteiger partial charge in [-0.25, -0.2) is 13.4 Å². The first-order chi connectivity index (χ1) is 11.3. The highest BCUT2D eigenvalue weighted by molar-refractivity contribution is 7.91. The zero-order valence-electron chi connectivity index (χ0n) is 14.1. The van der Waals surface area contributed by atoms with Crippen LogP contribution in [0.5, 0.6) is 0 Å². The molecule has 2 heterocycles. The zero-order chi connectivity index (χ0) is 17.3. The van der Waals surface area contributed by atoms with Crippen LogP contribution in [0.1, 0.15) is 23.2 Å². The van der Waals surface area contributed by atoms with Crippen LogP contribution in [0.3, 0.4) is 0 Å². The van der Waals surface area contributed by atoms with Crippen LogP contribution in [-0.2, 0) is 9.84 Å². The molecule has 24 heavy (non-hydrogen) atoms. The maximum atomic E-state index is 11.6. The lowest BCUT2D eigenvalue weighted by atomic mass is 10.1. The summed E-state index contributed by atoms with van der Waals surface area (Å²) in [6, 6.07) is 7.98. The van der Waals surface area contributed by atoms with Gasteiger partial charge < -0.3 is 10.6 Å². The maximum Gasteiger partial charge on any atom is 0.225 e. The van der Waals surface area contributed by atoms with E-state index in [0.29, 0.717) is 18.2 Å². The molecule has 1 aromatic heterocycles. The van der Waals surface area contributed by atoms with Gasteiger partial charge in [-0.05, 0) is 50.5 Å². The summed E-state index contributed by atoms with van der Waals surface area (Å²) in [4.78, 5) is 8.84. The highest BCUT2D eigenvalue weighted by atomic mass is 32.2. The maximum absolute atomic E-state index is 11.6. The topological polar surface area (TPSA) is 84.0 Å². The van der Waals surface area contributed by atoms with E-state index in [1.54, 1.807) is 0 Å². The highest BCUT2D eigenvalue weighted by Gasteiger charge is 2.28. The standard InChI is InChI=1S/C17H22N4O2S/c1-11-6-12(2)8-15(7-11)19-16-9-13(3)18-17(21-16)20-14-4-5-24(22,23)10-14/h6-9,14H,4-5,10H2,1-3H3,(H2,18,19,20,21). The fourth-order valence-electron chi connectivity index (χ4n) is 2.98. The second-order valence-corrected chi connectivity index (χ2v) is 8.69. The molecule has 0 aliphatic carbocycles. The highest BCUT2D eigenvalue weighted by Crippen LogP contribution is 2.21. The molecule has 1 aliphatic heterocycles. The van der Waals surface area contributed by atoms with E-state index in [1.165, 1.54) is 11.1 Å². The fraction of sp³-hybridized carbons (Fsp3) is 0.412.